The Morgan fingerprint density at radius 2 is 2.31 bits per heavy atom. The van der Waals surface area contributed by atoms with Gasteiger partial charge in [0.15, 0.2) is 0 Å². The lowest BCUT2D eigenvalue weighted by atomic mass is 10.1. The van der Waals surface area contributed by atoms with Crippen LogP contribution in [-0.4, -0.2) is 17.7 Å². The zero-order chi connectivity index (χ0) is 11.8. The van der Waals surface area contributed by atoms with Crippen molar-refractivity contribution in [2.75, 3.05) is 6.61 Å². The zero-order valence-electron chi connectivity index (χ0n) is 9.35. The molecule has 0 fully saturated rings. The predicted molar refractivity (Wildman–Crippen MR) is 63.1 cm³/mol. The van der Waals surface area contributed by atoms with Crippen LogP contribution in [0.5, 0.6) is 0 Å². The van der Waals surface area contributed by atoms with Gasteiger partial charge in [-0.05, 0) is 30.5 Å². The molecule has 0 bridgehead atoms. The van der Waals surface area contributed by atoms with Crippen LogP contribution >= 0.6 is 0 Å². The minimum atomic E-state index is -0.768. The summed E-state index contributed by atoms with van der Waals surface area (Å²) in [6, 6.07) is 7.78. The summed E-state index contributed by atoms with van der Waals surface area (Å²) in [7, 11) is 0. The van der Waals surface area contributed by atoms with Gasteiger partial charge in [-0.2, -0.15) is 0 Å². The molecule has 1 N–H and O–H groups in total. The minimum absolute atomic E-state index is 0.165. The Labute approximate surface area is 95.4 Å². The largest absolute Gasteiger partial charge is 0.501 e. The van der Waals surface area contributed by atoms with E-state index in [0.29, 0.717) is 13.0 Å². The molecule has 1 aromatic carbocycles. The van der Waals surface area contributed by atoms with Crippen LogP contribution in [0.4, 0.5) is 0 Å². The summed E-state index contributed by atoms with van der Waals surface area (Å²) in [4.78, 5) is 10.4. The molecule has 1 rings (SSSR count). The highest BCUT2D eigenvalue weighted by Crippen LogP contribution is 2.09. The van der Waals surface area contributed by atoms with Gasteiger partial charge in [-0.25, -0.2) is 0 Å². The Hall–Kier alpha value is -1.77. The van der Waals surface area contributed by atoms with Gasteiger partial charge < -0.3 is 9.84 Å². The molecule has 0 unspecified atom stereocenters. The van der Waals surface area contributed by atoms with Crippen molar-refractivity contribution in [2.24, 2.45) is 0 Å². The molecular weight excluding hydrogens is 204 g/mol. The van der Waals surface area contributed by atoms with E-state index < -0.39 is 5.97 Å². The van der Waals surface area contributed by atoms with E-state index in [-0.39, 0.29) is 6.42 Å². The molecule has 3 nitrogen and oxygen atoms in total. The fourth-order valence-corrected chi connectivity index (χ4v) is 1.33. The monoisotopic (exact) mass is 220 g/mol. The highest BCUT2D eigenvalue weighted by Gasteiger charge is 1.99. The molecule has 0 atom stereocenters. The summed E-state index contributed by atoms with van der Waals surface area (Å²) in [5.41, 5.74) is 2.05. The summed E-state index contributed by atoms with van der Waals surface area (Å²) >= 11 is 0. The van der Waals surface area contributed by atoms with Crippen LogP contribution < -0.4 is 0 Å². The molecule has 0 aliphatic heterocycles. The third-order valence-electron chi connectivity index (χ3n) is 2.10. The number of carbonyl (C=O) groups is 1. The van der Waals surface area contributed by atoms with Gasteiger partial charge in [0.1, 0.15) is 0 Å². The summed E-state index contributed by atoms with van der Waals surface area (Å²) in [6.07, 6.45) is 4.24. The maximum Gasteiger partial charge on any atom is 0.303 e. The molecule has 0 saturated heterocycles. The van der Waals surface area contributed by atoms with Crippen LogP contribution in [0.2, 0.25) is 0 Å². The second kappa shape index (κ2) is 6.67. The zero-order valence-corrected chi connectivity index (χ0v) is 9.35. The van der Waals surface area contributed by atoms with Gasteiger partial charge in [-0.3, -0.25) is 4.79 Å². The minimum Gasteiger partial charge on any atom is -0.501 e. The van der Waals surface area contributed by atoms with E-state index in [1.165, 1.54) is 0 Å². The maximum absolute atomic E-state index is 10.4. The number of benzene rings is 1. The van der Waals surface area contributed by atoms with E-state index in [0.717, 1.165) is 11.1 Å². The SMILES string of the molecule is CCO/C=C/c1cccc(CCC(=O)O)c1. The fraction of sp³-hybridized carbons (Fsp3) is 0.308. The first kappa shape index (κ1) is 12.3. The molecule has 86 valence electrons. The topological polar surface area (TPSA) is 46.5 Å². The van der Waals surface area contributed by atoms with Crippen molar-refractivity contribution in [3.63, 3.8) is 0 Å². The summed E-state index contributed by atoms with van der Waals surface area (Å²) < 4.78 is 5.10. The van der Waals surface area contributed by atoms with Crippen molar-refractivity contribution in [2.45, 2.75) is 19.8 Å². The number of carboxylic acids is 1. The van der Waals surface area contributed by atoms with Gasteiger partial charge in [0.25, 0.3) is 0 Å². The number of aryl methyl sites for hydroxylation is 1. The van der Waals surface area contributed by atoms with Gasteiger partial charge in [0.2, 0.25) is 0 Å². The lowest BCUT2D eigenvalue weighted by Crippen LogP contribution is -1.97. The normalized spacial score (nSPS) is 10.6. The Balaban J connectivity index is 2.60. The lowest BCUT2D eigenvalue weighted by molar-refractivity contribution is -0.136. The van der Waals surface area contributed by atoms with E-state index in [4.69, 9.17) is 9.84 Å². The molecule has 0 amide bonds. The van der Waals surface area contributed by atoms with Gasteiger partial charge >= 0.3 is 5.97 Å². The smallest absolute Gasteiger partial charge is 0.303 e. The maximum atomic E-state index is 10.4. The third-order valence-corrected chi connectivity index (χ3v) is 2.10. The van der Waals surface area contributed by atoms with Crippen molar-refractivity contribution in [3.05, 3.63) is 41.7 Å². The number of rotatable bonds is 6. The van der Waals surface area contributed by atoms with Crippen molar-refractivity contribution < 1.29 is 14.6 Å². The van der Waals surface area contributed by atoms with E-state index >= 15 is 0 Å². The van der Waals surface area contributed by atoms with Crippen molar-refractivity contribution in [3.8, 4) is 0 Å². The lowest BCUT2D eigenvalue weighted by Gasteiger charge is -2.00. The van der Waals surface area contributed by atoms with Crippen LogP contribution in [0.3, 0.4) is 0 Å². The summed E-state index contributed by atoms with van der Waals surface area (Å²) in [5, 5.41) is 8.58. The van der Waals surface area contributed by atoms with Crippen LogP contribution in [-0.2, 0) is 16.0 Å². The molecule has 0 heterocycles. The second-order valence-electron chi connectivity index (χ2n) is 3.40. The molecular formula is C13H16O3. The Morgan fingerprint density at radius 1 is 1.50 bits per heavy atom. The van der Waals surface area contributed by atoms with Gasteiger partial charge in [0.05, 0.1) is 12.9 Å². The van der Waals surface area contributed by atoms with E-state index in [1.807, 2.05) is 37.3 Å². The van der Waals surface area contributed by atoms with E-state index in [2.05, 4.69) is 0 Å². The quantitative estimate of drug-likeness (QED) is 0.750. The number of hydrogen-bond acceptors (Lipinski definition) is 2. The molecule has 0 saturated carbocycles. The standard InChI is InChI=1S/C13H16O3/c1-2-16-9-8-12-5-3-4-11(10-12)6-7-13(14)15/h3-5,8-10H,2,6-7H2,1H3,(H,14,15)/b9-8+. The van der Waals surface area contributed by atoms with Crippen molar-refractivity contribution in [1.82, 2.24) is 0 Å². The molecule has 0 aliphatic rings. The number of aliphatic carboxylic acids is 1. The van der Waals surface area contributed by atoms with Crippen LogP contribution in [0.1, 0.15) is 24.5 Å². The molecule has 16 heavy (non-hydrogen) atoms. The Kier molecular flexibility index (Phi) is 5.12. The molecule has 0 spiro atoms. The van der Waals surface area contributed by atoms with Gasteiger partial charge in [0, 0.05) is 6.42 Å². The first-order valence-electron chi connectivity index (χ1n) is 5.31. The van der Waals surface area contributed by atoms with Crippen LogP contribution in [0, 0.1) is 0 Å². The molecule has 0 aliphatic carbocycles. The Morgan fingerprint density at radius 3 is 3.00 bits per heavy atom. The second-order valence-corrected chi connectivity index (χ2v) is 3.40. The molecule has 0 radical (unpaired) electrons. The van der Waals surface area contributed by atoms with Gasteiger partial charge in [-0.15, -0.1) is 0 Å². The number of ether oxygens (including phenoxy) is 1. The summed E-state index contributed by atoms with van der Waals surface area (Å²) in [6.45, 7) is 2.57. The average Bonchev–Trinajstić information content (AvgIpc) is 2.27. The first-order valence-corrected chi connectivity index (χ1v) is 5.31. The van der Waals surface area contributed by atoms with Gasteiger partial charge in [-0.1, -0.05) is 24.3 Å². The van der Waals surface area contributed by atoms with Crippen LogP contribution in [0.25, 0.3) is 6.08 Å². The highest BCUT2D eigenvalue weighted by molar-refractivity contribution is 5.67. The molecule has 3 heteroatoms. The predicted octanol–water partition coefficient (Wildman–Crippen LogP) is 2.71. The average molecular weight is 220 g/mol. The summed E-state index contributed by atoms with van der Waals surface area (Å²) in [5.74, 6) is -0.768. The van der Waals surface area contributed by atoms with E-state index in [9.17, 15) is 4.79 Å². The number of hydrogen-bond donors (Lipinski definition) is 1. The fourth-order valence-electron chi connectivity index (χ4n) is 1.33. The Bertz CT molecular complexity index is 369. The third kappa shape index (κ3) is 4.64. The highest BCUT2D eigenvalue weighted by atomic mass is 16.5. The van der Waals surface area contributed by atoms with Crippen molar-refractivity contribution in [1.29, 1.82) is 0 Å². The van der Waals surface area contributed by atoms with Crippen molar-refractivity contribution >= 4 is 12.0 Å². The van der Waals surface area contributed by atoms with E-state index in [1.54, 1.807) is 6.26 Å². The molecule has 0 aromatic heterocycles. The molecule has 1 aromatic rings. The van der Waals surface area contributed by atoms with Crippen LogP contribution in [0.15, 0.2) is 30.5 Å². The number of carboxylic acid groups (broad SMARTS) is 1. The first-order chi connectivity index (χ1) is 7.72.